The first-order valence-electron chi connectivity index (χ1n) is 5.99. The average molecular weight is 267 g/mol. The van der Waals surface area contributed by atoms with Gasteiger partial charge in [-0.2, -0.15) is 0 Å². The minimum absolute atomic E-state index is 0.0592. The van der Waals surface area contributed by atoms with Crippen LogP contribution in [-0.2, 0) is 16.4 Å². The van der Waals surface area contributed by atoms with Crippen LogP contribution in [0.5, 0.6) is 0 Å². The van der Waals surface area contributed by atoms with Gasteiger partial charge in [0.2, 0.25) is 9.84 Å². The summed E-state index contributed by atoms with van der Waals surface area (Å²) in [6.45, 7) is 4.25. The summed E-state index contributed by atoms with van der Waals surface area (Å²) in [6, 6.07) is 9.24. The lowest BCUT2D eigenvalue weighted by Crippen LogP contribution is -2.36. The van der Waals surface area contributed by atoms with Crippen molar-refractivity contribution in [1.82, 2.24) is 4.90 Å². The Morgan fingerprint density at radius 1 is 1.28 bits per heavy atom. The van der Waals surface area contributed by atoms with Crippen molar-refractivity contribution in [2.24, 2.45) is 5.92 Å². The molecule has 4 nitrogen and oxygen atoms in total. The fraction of sp³-hybridized carbons (Fsp3) is 0.462. The fourth-order valence-corrected chi connectivity index (χ4v) is 3.93. The largest absolute Gasteiger partial charge is 0.339 e. The SMILES string of the molecule is CC(C)[C@@H]1CS(=O)(=O)C(=O)N1Cc1ccccc1. The Morgan fingerprint density at radius 2 is 1.89 bits per heavy atom. The summed E-state index contributed by atoms with van der Waals surface area (Å²) in [7, 11) is -3.60. The summed E-state index contributed by atoms with van der Waals surface area (Å²) in [5.41, 5.74) is 0.952. The van der Waals surface area contributed by atoms with Crippen LogP contribution in [0.2, 0.25) is 0 Å². The summed E-state index contributed by atoms with van der Waals surface area (Å²) < 4.78 is 23.4. The van der Waals surface area contributed by atoms with E-state index in [1.54, 1.807) is 0 Å². The van der Waals surface area contributed by atoms with Gasteiger partial charge in [0.1, 0.15) is 0 Å². The number of carbonyl (C=O) groups excluding carboxylic acids is 1. The highest BCUT2D eigenvalue weighted by atomic mass is 32.2. The predicted octanol–water partition coefficient (Wildman–Crippen LogP) is 2.06. The zero-order chi connectivity index (χ0) is 13.3. The molecule has 1 aliphatic rings. The molecule has 0 saturated carbocycles. The summed E-state index contributed by atoms with van der Waals surface area (Å²) in [6.07, 6.45) is 0. The van der Waals surface area contributed by atoms with Crippen molar-refractivity contribution < 1.29 is 13.2 Å². The van der Waals surface area contributed by atoms with E-state index in [1.807, 2.05) is 44.2 Å². The van der Waals surface area contributed by atoms with Crippen LogP contribution in [0.1, 0.15) is 19.4 Å². The highest BCUT2D eigenvalue weighted by Gasteiger charge is 2.44. The van der Waals surface area contributed by atoms with Crippen molar-refractivity contribution in [3.63, 3.8) is 0 Å². The van der Waals surface area contributed by atoms with Crippen molar-refractivity contribution in [3.8, 4) is 0 Å². The van der Waals surface area contributed by atoms with E-state index in [2.05, 4.69) is 0 Å². The van der Waals surface area contributed by atoms with Crippen LogP contribution in [0, 0.1) is 5.92 Å². The minimum Gasteiger partial charge on any atom is -0.321 e. The van der Waals surface area contributed by atoms with Gasteiger partial charge in [0.25, 0.3) is 0 Å². The van der Waals surface area contributed by atoms with Gasteiger partial charge in [0, 0.05) is 12.6 Å². The molecule has 1 saturated heterocycles. The van der Waals surface area contributed by atoms with Gasteiger partial charge in [0.15, 0.2) is 0 Å². The standard InChI is InChI=1S/C13H17NO3S/c1-10(2)12-9-18(16,17)13(15)14(12)8-11-6-4-3-5-7-11/h3-7,10,12H,8-9H2,1-2H3/t12-/m0/s1. The second-order valence-electron chi connectivity index (χ2n) is 4.97. The fourth-order valence-electron chi connectivity index (χ4n) is 2.21. The van der Waals surface area contributed by atoms with Crippen molar-refractivity contribution in [1.29, 1.82) is 0 Å². The second kappa shape index (κ2) is 4.72. The molecule has 1 heterocycles. The van der Waals surface area contributed by atoms with Crippen LogP contribution in [0.4, 0.5) is 4.79 Å². The van der Waals surface area contributed by atoms with Gasteiger partial charge in [-0.15, -0.1) is 0 Å². The van der Waals surface area contributed by atoms with E-state index in [-0.39, 0.29) is 17.7 Å². The Morgan fingerprint density at radius 3 is 2.44 bits per heavy atom. The maximum absolute atomic E-state index is 11.9. The van der Waals surface area contributed by atoms with Gasteiger partial charge < -0.3 is 4.90 Å². The van der Waals surface area contributed by atoms with E-state index < -0.39 is 15.1 Å². The minimum atomic E-state index is -3.60. The van der Waals surface area contributed by atoms with Crippen LogP contribution in [0.25, 0.3) is 0 Å². The lowest BCUT2D eigenvalue weighted by molar-refractivity contribution is 0.190. The maximum atomic E-state index is 11.9. The molecule has 0 aromatic heterocycles. The first kappa shape index (κ1) is 13.1. The van der Waals surface area contributed by atoms with Gasteiger partial charge in [-0.3, -0.25) is 4.79 Å². The molecule has 0 radical (unpaired) electrons. The quantitative estimate of drug-likeness (QED) is 0.842. The Bertz CT molecular complexity index is 537. The predicted molar refractivity (Wildman–Crippen MR) is 69.8 cm³/mol. The molecular formula is C13H17NO3S. The molecule has 18 heavy (non-hydrogen) atoms. The van der Waals surface area contributed by atoms with E-state index in [4.69, 9.17) is 0 Å². The second-order valence-corrected chi connectivity index (χ2v) is 6.88. The number of nitrogens with zero attached hydrogens (tertiary/aromatic N) is 1. The maximum Gasteiger partial charge on any atom is 0.339 e. The Labute approximate surface area is 108 Å². The smallest absolute Gasteiger partial charge is 0.321 e. The Hall–Kier alpha value is -1.36. The molecule has 1 aliphatic heterocycles. The number of carbonyl (C=O) groups is 1. The van der Waals surface area contributed by atoms with Crippen molar-refractivity contribution in [2.75, 3.05) is 5.75 Å². The van der Waals surface area contributed by atoms with E-state index in [1.165, 1.54) is 4.90 Å². The van der Waals surface area contributed by atoms with E-state index in [9.17, 15) is 13.2 Å². The van der Waals surface area contributed by atoms with Gasteiger partial charge in [0.05, 0.1) is 5.75 Å². The number of amides is 1. The molecule has 1 aromatic rings. The molecule has 1 fully saturated rings. The number of hydrogen-bond acceptors (Lipinski definition) is 3. The molecule has 0 aliphatic carbocycles. The number of benzene rings is 1. The topological polar surface area (TPSA) is 54.5 Å². The van der Waals surface area contributed by atoms with Crippen molar-refractivity contribution in [2.45, 2.75) is 26.4 Å². The highest BCUT2D eigenvalue weighted by Crippen LogP contribution is 2.26. The molecule has 1 amide bonds. The van der Waals surface area contributed by atoms with Crippen LogP contribution in [0.15, 0.2) is 30.3 Å². The summed E-state index contributed by atoms with van der Waals surface area (Å²) in [4.78, 5) is 13.4. The lowest BCUT2D eigenvalue weighted by Gasteiger charge is -2.26. The zero-order valence-electron chi connectivity index (χ0n) is 10.5. The Balaban J connectivity index is 2.27. The van der Waals surface area contributed by atoms with Gasteiger partial charge in [-0.1, -0.05) is 44.2 Å². The number of hydrogen-bond donors (Lipinski definition) is 0. The normalized spacial score (nSPS) is 22.7. The summed E-state index contributed by atoms with van der Waals surface area (Å²) >= 11 is 0. The third kappa shape index (κ3) is 2.41. The molecule has 1 aromatic carbocycles. The van der Waals surface area contributed by atoms with Crippen molar-refractivity contribution >= 4 is 15.1 Å². The van der Waals surface area contributed by atoms with Crippen molar-refractivity contribution in [3.05, 3.63) is 35.9 Å². The van der Waals surface area contributed by atoms with Gasteiger partial charge in [-0.25, -0.2) is 8.42 Å². The van der Waals surface area contributed by atoms with Crippen LogP contribution >= 0.6 is 0 Å². The lowest BCUT2D eigenvalue weighted by atomic mass is 10.0. The number of rotatable bonds is 3. The molecule has 1 atom stereocenters. The van der Waals surface area contributed by atoms with Crippen LogP contribution < -0.4 is 0 Å². The molecule has 0 unspecified atom stereocenters. The van der Waals surface area contributed by atoms with E-state index in [0.29, 0.717) is 6.54 Å². The van der Waals surface area contributed by atoms with E-state index >= 15 is 0 Å². The first-order valence-corrected chi connectivity index (χ1v) is 7.64. The van der Waals surface area contributed by atoms with Gasteiger partial charge in [-0.05, 0) is 11.5 Å². The van der Waals surface area contributed by atoms with Crippen LogP contribution in [-0.4, -0.2) is 30.4 Å². The third-order valence-electron chi connectivity index (χ3n) is 3.26. The first-order chi connectivity index (χ1) is 8.42. The van der Waals surface area contributed by atoms with Gasteiger partial charge >= 0.3 is 5.24 Å². The Kier molecular flexibility index (Phi) is 3.43. The highest BCUT2D eigenvalue weighted by molar-refractivity contribution is 8.06. The molecule has 0 spiro atoms. The average Bonchev–Trinajstić information content (AvgIpc) is 2.54. The molecule has 5 heteroatoms. The molecule has 0 bridgehead atoms. The molecule has 0 N–H and O–H groups in total. The van der Waals surface area contributed by atoms with E-state index in [0.717, 1.165) is 5.56 Å². The number of sulfone groups is 1. The summed E-state index contributed by atoms with van der Waals surface area (Å²) in [5.74, 6) is 0.0750. The molecule has 98 valence electrons. The van der Waals surface area contributed by atoms with Crippen LogP contribution in [0.3, 0.4) is 0 Å². The summed E-state index contributed by atoms with van der Waals surface area (Å²) in [5, 5.41) is -0.731. The molecule has 2 rings (SSSR count). The zero-order valence-corrected chi connectivity index (χ0v) is 11.4. The molecular weight excluding hydrogens is 250 g/mol. The monoisotopic (exact) mass is 267 g/mol. The third-order valence-corrected chi connectivity index (χ3v) is 4.80.